The quantitative estimate of drug-likeness (QED) is 0.138. The molecule has 0 heterocycles. The molecule has 0 aliphatic rings. The molecule has 178 valence electrons. The summed E-state index contributed by atoms with van der Waals surface area (Å²) in [5, 5.41) is 22.5. The maximum atomic E-state index is 12.1. The van der Waals surface area contributed by atoms with Crippen molar-refractivity contribution in [2.75, 3.05) is 6.61 Å². The number of rotatable bonds is 22. The lowest BCUT2D eigenvalue weighted by Crippen LogP contribution is -2.45. The first kappa shape index (κ1) is 29.1. The van der Waals surface area contributed by atoms with Crippen LogP contribution in [0.3, 0.4) is 0 Å². The van der Waals surface area contributed by atoms with Gasteiger partial charge in [0.1, 0.15) is 0 Å². The Kier molecular flexibility index (Phi) is 22.1. The molecule has 0 radical (unpaired) electrons. The van der Waals surface area contributed by atoms with Crippen LogP contribution in [0.2, 0.25) is 0 Å². The number of amides is 1. The van der Waals surface area contributed by atoms with E-state index >= 15 is 0 Å². The number of hydrogen-bond acceptors (Lipinski definition) is 3. The Morgan fingerprint density at radius 1 is 0.767 bits per heavy atom. The number of allylic oxidation sites excluding steroid dienone is 1. The standard InChI is InChI=1S/C26H51NO3/c1-3-5-7-9-11-13-14-15-17-19-21-25(29)24(23-28)27-26(30)22-20-18-16-12-10-8-6-4-2/h19,21,24-25,28-29H,3-18,20,22-23H2,1-2H3,(H,27,30)/b21-19+. The number of hydrogen-bond donors (Lipinski definition) is 3. The van der Waals surface area contributed by atoms with Gasteiger partial charge in [0.15, 0.2) is 0 Å². The van der Waals surface area contributed by atoms with E-state index in [1.54, 1.807) is 6.08 Å². The van der Waals surface area contributed by atoms with Crippen LogP contribution in [0.1, 0.15) is 129 Å². The summed E-state index contributed by atoms with van der Waals surface area (Å²) in [6.07, 6.45) is 24.2. The zero-order chi connectivity index (χ0) is 22.3. The van der Waals surface area contributed by atoms with Crippen molar-refractivity contribution < 1.29 is 15.0 Å². The number of unbranched alkanes of at least 4 members (excludes halogenated alkanes) is 15. The van der Waals surface area contributed by atoms with Gasteiger partial charge in [-0.25, -0.2) is 0 Å². The maximum Gasteiger partial charge on any atom is 0.220 e. The van der Waals surface area contributed by atoms with E-state index in [1.165, 1.54) is 83.5 Å². The molecule has 0 spiro atoms. The monoisotopic (exact) mass is 425 g/mol. The van der Waals surface area contributed by atoms with E-state index in [0.29, 0.717) is 6.42 Å². The first-order valence-electron chi connectivity index (χ1n) is 12.9. The summed E-state index contributed by atoms with van der Waals surface area (Å²) in [4.78, 5) is 12.1. The Morgan fingerprint density at radius 3 is 1.73 bits per heavy atom. The molecule has 0 saturated heterocycles. The van der Waals surface area contributed by atoms with E-state index in [4.69, 9.17) is 0 Å². The molecule has 30 heavy (non-hydrogen) atoms. The van der Waals surface area contributed by atoms with Crippen molar-refractivity contribution >= 4 is 5.91 Å². The third-order valence-electron chi connectivity index (χ3n) is 5.77. The van der Waals surface area contributed by atoms with Crippen molar-refractivity contribution in [2.45, 2.75) is 142 Å². The minimum atomic E-state index is -0.827. The molecule has 0 aliphatic carbocycles. The topological polar surface area (TPSA) is 69.6 Å². The van der Waals surface area contributed by atoms with E-state index in [-0.39, 0.29) is 12.5 Å². The lowest BCUT2D eigenvalue weighted by molar-refractivity contribution is -0.123. The van der Waals surface area contributed by atoms with Crippen molar-refractivity contribution in [3.63, 3.8) is 0 Å². The summed E-state index contributed by atoms with van der Waals surface area (Å²) >= 11 is 0. The van der Waals surface area contributed by atoms with Gasteiger partial charge in [0.25, 0.3) is 0 Å². The van der Waals surface area contributed by atoms with E-state index in [9.17, 15) is 15.0 Å². The highest BCUT2D eigenvalue weighted by Gasteiger charge is 2.17. The van der Waals surface area contributed by atoms with E-state index in [0.717, 1.165) is 25.7 Å². The van der Waals surface area contributed by atoms with Gasteiger partial charge < -0.3 is 15.5 Å². The zero-order valence-corrected chi connectivity index (χ0v) is 20.0. The number of carbonyl (C=O) groups is 1. The first-order valence-corrected chi connectivity index (χ1v) is 12.9. The lowest BCUT2D eigenvalue weighted by atomic mass is 10.1. The van der Waals surface area contributed by atoms with Crippen LogP contribution in [-0.4, -0.2) is 34.9 Å². The van der Waals surface area contributed by atoms with Gasteiger partial charge in [0, 0.05) is 6.42 Å². The fourth-order valence-electron chi connectivity index (χ4n) is 3.70. The Hall–Kier alpha value is -0.870. The molecule has 0 aromatic heterocycles. The van der Waals surface area contributed by atoms with Crippen molar-refractivity contribution in [3.8, 4) is 0 Å². The van der Waals surface area contributed by atoms with Gasteiger partial charge in [0.2, 0.25) is 5.91 Å². The molecule has 3 N–H and O–H groups in total. The fourth-order valence-corrected chi connectivity index (χ4v) is 3.70. The first-order chi connectivity index (χ1) is 14.7. The van der Waals surface area contributed by atoms with Crippen molar-refractivity contribution in [2.24, 2.45) is 0 Å². The predicted molar refractivity (Wildman–Crippen MR) is 129 cm³/mol. The fraction of sp³-hybridized carbons (Fsp3) is 0.885. The van der Waals surface area contributed by atoms with Crippen LogP contribution in [0.25, 0.3) is 0 Å². The van der Waals surface area contributed by atoms with Crippen LogP contribution in [0.15, 0.2) is 12.2 Å². The van der Waals surface area contributed by atoms with Gasteiger partial charge in [-0.05, 0) is 19.3 Å². The second kappa shape index (κ2) is 22.8. The van der Waals surface area contributed by atoms with E-state index in [2.05, 4.69) is 19.2 Å². The van der Waals surface area contributed by atoms with Crippen LogP contribution in [0.4, 0.5) is 0 Å². The molecule has 4 nitrogen and oxygen atoms in total. The largest absolute Gasteiger partial charge is 0.394 e. The Balaban J connectivity index is 3.76. The summed E-state index contributed by atoms with van der Waals surface area (Å²) in [5.41, 5.74) is 0. The normalized spacial score (nSPS) is 13.6. The Labute approximate surface area is 186 Å². The molecule has 0 rings (SSSR count). The smallest absolute Gasteiger partial charge is 0.220 e. The molecule has 4 heteroatoms. The molecule has 0 aliphatic heterocycles. The molecule has 0 fully saturated rings. The highest BCUT2D eigenvalue weighted by atomic mass is 16.3. The number of aliphatic hydroxyl groups is 2. The minimum Gasteiger partial charge on any atom is -0.394 e. The lowest BCUT2D eigenvalue weighted by Gasteiger charge is -2.20. The van der Waals surface area contributed by atoms with E-state index < -0.39 is 12.1 Å². The zero-order valence-electron chi connectivity index (χ0n) is 20.0. The molecule has 0 bridgehead atoms. The summed E-state index contributed by atoms with van der Waals surface area (Å²) < 4.78 is 0. The van der Waals surface area contributed by atoms with Crippen molar-refractivity contribution in [3.05, 3.63) is 12.2 Å². The average molecular weight is 426 g/mol. The van der Waals surface area contributed by atoms with Gasteiger partial charge in [-0.2, -0.15) is 0 Å². The second-order valence-corrected chi connectivity index (χ2v) is 8.76. The highest BCUT2D eigenvalue weighted by Crippen LogP contribution is 2.11. The van der Waals surface area contributed by atoms with Crippen LogP contribution >= 0.6 is 0 Å². The summed E-state index contributed by atoms with van der Waals surface area (Å²) in [5.74, 6) is -0.0736. The summed E-state index contributed by atoms with van der Waals surface area (Å²) in [6.45, 7) is 4.22. The SMILES string of the molecule is CCCCCCCCCC/C=C/C(O)C(CO)NC(=O)CCCCCCCCCC. The highest BCUT2D eigenvalue weighted by molar-refractivity contribution is 5.76. The van der Waals surface area contributed by atoms with Crippen LogP contribution < -0.4 is 5.32 Å². The molecule has 0 aromatic rings. The van der Waals surface area contributed by atoms with Gasteiger partial charge in [-0.1, -0.05) is 116 Å². The maximum absolute atomic E-state index is 12.1. The Morgan fingerprint density at radius 2 is 1.23 bits per heavy atom. The molecular weight excluding hydrogens is 374 g/mol. The van der Waals surface area contributed by atoms with Gasteiger partial charge in [-0.3, -0.25) is 4.79 Å². The molecule has 1 amide bonds. The van der Waals surface area contributed by atoms with Crippen LogP contribution in [0.5, 0.6) is 0 Å². The summed E-state index contributed by atoms with van der Waals surface area (Å²) in [6, 6.07) is -0.610. The van der Waals surface area contributed by atoms with Gasteiger partial charge in [0.05, 0.1) is 18.8 Å². The molecule has 2 unspecified atom stereocenters. The molecule has 0 saturated carbocycles. The van der Waals surface area contributed by atoms with Crippen LogP contribution in [0, 0.1) is 0 Å². The Bertz CT molecular complexity index is 398. The molecule has 0 aromatic carbocycles. The number of nitrogens with one attached hydrogen (secondary N) is 1. The number of carbonyl (C=O) groups excluding carboxylic acids is 1. The number of aliphatic hydroxyl groups excluding tert-OH is 2. The molecule has 2 atom stereocenters. The average Bonchev–Trinajstić information content (AvgIpc) is 2.75. The summed E-state index contributed by atoms with van der Waals surface area (Å²) in [7, 11) is 0. The van der Waals surface area contributed by atoms with Gasteiger partial charge >= 0.3 is 0 Å². The van der Waals surface area contributed by atoms with E-state index in [1.807, 2.05) is 6.08 Å². The second-order valence-electron chi connectivity index (χ2n) is 8.76. The third kappa shape index (κ3) is 19.1. The molecular formula is C26H51NO3. The van der Waals surface area contributed by atoms with Gasteiger partial charge in [-0.15, -0.1) is 0 Å². The minimum absolute atomic E-state index is 0.0736. The van der Waals surface area contributed by atoms with Crippen LogP contribution in [-0.2, 0) is 4.79 Å². The predicted octanol–water partition coefficient (Wildman–Crippen LogP) is 6.44. The van der Waals surface area contributed by atoms with Crippen molar-refractivity contribution in [1.82, 2.24) is 5.32 Å². The third-order valence-corrected chi connectivity index (χ3v) is 5.77. The van der Waals surface area contributed by atoms with Crippen molar-refractivity contribution in [1.29, 1.82) is 0 Å².